The van der Waals surface area contributed by atoms with E-state index in [1.54, 1.807) is 11.3 Å². The number of halogens is 2. The van der Waals surface area contributed by atoms with E-state index in [0.717, 1.165) is 20.2 Å². The van der Waals surface area contributed by atoms with Crippen molar-refractivity contribution >= 4 is 43.2 Å². The molecule has 0 saturated carbocycles. The third-order valence-electron chi connectivity index (χ3n) is 3.08. The van der Waals surface area contributed by atoms with Crippen molar-refractivity contribution in [2.45, 2.75) is 32.1 Å². The van der Waals surface area contributed by atoms with Crippen LogP contribution in [-0.2, 0) is 11.3 Å². The highest BCUT2D eigenvalue weighted by atomic mass is 79.9. The molecule has 2 aromatic rings. The zero-order chi connectivity index (χ0) is 14.5. The zero-order valence-electron chi connectivity index (χ0n) is 11.2. The van der Waals surface area contributed by atoms with Gasteiger partial charge < -0.3 is 10.5 Å². The summed E-state index contributed by atoms with van der Waals surface area (Å²) in [5.74, 6) is 0. The lowest BCUT2D eigenvalue weighted by molar-refractivity contribution is 0.0236. The molecule has 2 unspecified atom stereocenters. The fourth-order valence-corrected chi connectivity index (χ4v) is 3.69. The minimum absolute atomic E-state index is 0.0102. The molecular formula is C15H17Br2NOS. The standard InChI is InChI=1S/C15H17Br2NOS/c1-2-12(18)15(13-7-8-14(17)20-13)19-9-10-3-5-11(16)6-4-10/h3-8,12,15H,2,9,18H2,1H3. The summed E-state index contributed by atoms with van der Waals surface area (Å²) in [6, 6.07) is 12.3. The van der Waals surface area contributed by atoms with Gasteiger partial charge in [0.15, 0.2) is 0 Å². The van der Waals surface area contributed by atoms with E-state index in [2.05, 4.69) is 57.0 Å². The predicted octanol–water partition coefficient (Wildman–Crippen LogP) is 5.27. The van der Waals surface area contributed by atoms with Crippen LogP contribution in [0.2, 0.25) is 0 Å². The minimum atomic E-state index is -0.0556. The molecule has 0 aliphatic rings. The van der Waals surface area contributed by atoms with E-state index >= 15 is 0 Å². The first-order chi connectivity index (χ1) is 9.60. The molecule has 2 rings (SSSR count). The van der Waals surface area contributed by atoms with Crippen LogP contribution in [0.4, 0.5) is 0 Å². The van der Waals surface area contributed by atoms with E-state index < -0.39 is 0 Å². The Balaban J connectivity index is 2.06. The molecule has 1 heterocycles. The van der Waals surface area contributed by atoms with Crippen molar-refractivity contribution in [3.05, 3.63) is 55.1 Å². The fourth-order valence-electron chi connectivity index (χ4n) is 1.88. The van der Waals surface area contributed by atoms with Crippen LogP contribution in [0.5, 0.6) is 0 Å². The molecule has 1 aromatic carbocycles. The first-order valence-corrected chi connectivity index (χ1v) is 8.87. The van der Waals surface area contributed by atoms with Crippen LogP contribution < -0.4 is 5.73 Å². The van der Waals surface area contributed by atoms with Gasteiger partial charge in [0.1, 0.15) is 6.10 Å². The molecule has 2 N–H and O–H groups in total. The summed E-state index contributed by atoms with van der Waals surface area (Å²) >= 11 is 8.61. The van der Waals surface area contributed by atoms with Gasteiger partial charge in [0, 0.05) is 15.4 Å². The number of ether oxygens (including phenoxy) is 1. The molecular weight excluding hydrogens is 402 g/mol. The van der Waals surface area contributed by atoms with Crippen LogP contribution in [-0.4, -0.2) is 6.04 Å². The maximum Gasteiger partial charge on any atom is 0.107 e. The van der Waals surface area contributed by atoms with Crippen molar-refractivity contribution in [1.29, 1.82) is 0 Å². The molecule has 1 aromatic heterocycles. The quantitative estimate of drug-likeness (QED) is 0.693. The summed E-state index contributed by atoms with van der Waals surface area (Å²) in [6.07, 6.45) is 0.834. The fraction of sp³-hybridized carbons (Fsp3) is 0.333. The van der Waals surface area contributed by atoms with E-state index in [4.69, 9.17) is 10.5 Å². The topological polar surface area (TPSA) is 35.2 Å². The lowest BCUT2D eigenvalue weighted by Gasteiger charge is -2.22. The summed E-state index contributed by atoms with van der Waals surface area (Å²) in [5.41, 5.74) is 7.36. The second kappa shape index (κ2) is 7.71. The van der Waals surface area contributed by atoms with Gasteiger partial charge in [-0.05, 0) is 52.2 Å². The van der Waals surface area contributed by atoms with Gasteiger partial charge in [-0.3, -0.25) is 0 Å². The van der Waals surface area contributed by atoms with Crippen LogP contribution in [0.1, 0.15) is 29.9 Å². The van der Waals surface area contributed by atoms with Crippen molar-refractivity contribution in [3.8, 4) is 0 Å². The summed E-state index contributed by atoms with van der Waals surface area (Å²) in [6.45, 7) is 2.66. The Kier molecular flexibility index (Phi) is 6.23. The predicted molar refractivity (Wildman–Crippen MR) is 92.0 cm³/mol. The Morgan fingerprint density at radius 2 is 1.85 bits per heavy atom. The second-order valence-corrected chi connectivity index (χ2v) is 7.98. The summed E-state index contributed by atoms with van der Waals surface area (Å²) < 4.78 is 8.25. The second-order valence-electron chi connectivity index (χ2n) is 4.57. The first kappa shape index (κ1) is 16.2. The summed E-state index contributed by atoms with van der Waals surface area (Å²) in [7, 11) is 0. The van der Waals surface area contributed by atoms with Crippen molar-refractivity contribution < 1.29 is 4.74 Å². The molecule has 2 nitrogen and oxygen atoms in total. The van der Waals surface area contributed by atoms with E-state index in [9.17, 15) is 0 Å². The van der Waals surface area contributed by atoms with E-state index in [-0.39, 0.29) is 12.1 Å². The van der Waals surface area contributed by atoms with Gasteiger partial charge in [0.2, 0.25) is 0 Å². The number of rotatable bonds is 6. The van der Waals surface area contributed by atoms with Gasteiger partial charge >= 0.3 is 0 Å². The number of benzene rings is 1. The van der Waals surface area contributed by atoms with Crippen LogP contribution >= 0.6 is 43.2 Å². The largest absolute Gasteiger partial charge is 0.366 e. The molecule has 108 valence electrons. The Morgan fingerprint density at radius 3 is 2.40 bits per heavy atom. The Labute approximate surface area is 140 Å². The van der Waals surface area contributed by atoms with Gasteiger partial charge in [0.05, 0.1) is 10.4 Å². The third-order valence-corrected chi connectivity index (χ3v) is 5.29. The highest BCUT2D eigenvalue weighted by Crippen LogP contribution is 2.32. The highest BCUT2D eigenvalue weighted by molar-refractivity contribution is 9.11. The average Bonchev–Trinajstić information content (AvgIpc) is 2.87. The van der Waals surface area contributed by atoms with Gasteiger partial charge in [0.25, 0.3) is 0 Å². The molecule has 0 spiro atoms. The Bertz CT molecular complexity index is 541. The normalized spacial score (nSPS) is 14.2. The number of nitrogens with two attached hydrogens (primary N) is 1. The smallest absolute Gasteiger partial charge is 0.107 e. The van der Waals surface area contributed by atoms with Crippen molar-refractivity contribution in [2.75, 3.05) is 0 Å². The summed E-state index contributed by atoms with van der Waals surface area (Å²) in [4.78, 5) is 1.17. The molecule has 2 atom stereocenters. The molecule has 0 aliphatic heterocycles. The SMILES string of the molecule is CCC(N)C(OCc1ccc(Br)cc1)c1ccc(Br)s1. The Hall–Kier alpha value is -0.200. The molecule has 0 amide bonds. The maximum absolute atomic E-state index is 6.21. The maximum atomic E-state index is 6.21. The lowest BCUT2D eigenvalue weighted by atomic mass is 10.1. The van der Waals surface area contributed by atoms with Crippen molar-refractivity contribution in [1.82, 2.24) is 0 Å². The molecule has 0 bridgehead atoms. The van der Waals surface area contributed by atoms with Crippen LogP contribution in [0.3, 0.4) is 0 Å². The van der Waals surface area contributed by atoms with Gasteiger partial charge in [-0.2, -0.15) is 0 Å². The molecule has 0 fully saturated rings. The molecule has 5 heteroatoms. The van der Waals surface area contributed by atoms with E-state index in [0.29, 0.717) is 6.61 Å². The number of hydrogen-bond acceptors (Lipinski definition) is 3. The molecule has 0 saturated heterocycles. The number of hydrogen-bond donors (Lipinski definition) is 1. The third kappa shape index (κ3) is 4.40. The molecule has 0 aliphatic carbocycles. The zero-order valence-corrected chi connectivity index (χ0v) is 15.2. The average molecular weight is 419 g/mol. The van der Waals surface area contributed by atoms with Crippen LogP contribution in [0.25, 0.3) is 0 Å². The lowest BCUT2D eigenvalue weighted by Crippen LogP contribution is -2.29. The van der Waals surface area contributed by atoms with Gasteiger partial charge in [-0.1, -0.05) is 35.0 Å². The van der Waals surface area contributed by atoms with Gasteiger partial charge in [-0.25, -0.2) is 0 Å². The van der Waals surface area contributed by atoms with Crippen molar-refractivity contribution in [2.24, 2.45) is 5.73 Å². The monoisotopic (exact) mass is 417 g/mol. The number of thiophene rings is 1. The van der Waals surface area contributed by atoms with Crippen LogP contribution in [0, 0.1) is 0 Å². The van der Waals surface area contributed by atoms with E-state index in [1.807, 2.05) is 18.2 Å². The minimum Gasteiger partial charge on any atom is -0.366 e. The van der Waals surface area contributed by atoms with Crippen LogP contribution in [0.15, 0.2) is 44.7 Å². The van der Waals surface area contributed by atoms with Gasteiger partial charge in [-0.15, -0.1) is 11.3 Å². The molecule has 0 radical (unpaired) electrons. The molecule has 20 heavy (non-hydrogen) atoms. The first-order valence-electron chi connectivity index (χ1n) is 6.47. The summed E-state index contributed by atoms with van der Waals surface area (Å²) in [5, 5.41) is 0. The Morgan fingerprint density at radius 1 is 1.15 bits per heavy atom. The highest BCUT2D eigenvalue weighted by Gasteiger charge is 2.21. The van der Waals surface area contributed by atoms with Crippen molar-refractivity contribution in [3.63, 3.8) is 0 Å². The van der Waals surface area contributed by atoms with E-state index in [1.165, 1.54) is 4.88 Å².